The Morgan fingerprint density at radius 1 is 0.811 bits per heavy atom. The third-order valence-corrected chi connectivity index (χ3v) is 6.35. The monoisotopic (exact) mass is 502 g/mol. The van der Waals surface area contributed by atoms with Crippen LogP contribution in [0, 0.1) is 0 Å². The molecule has 37 heavy (non-hydrogen) atoms. The summed E-state index contributed by atoms with van der Waals surface area (Å²) >= 11 is 0. The molecule has 1 aliphatic heterocycles. The smallest absolute Gasteiger partial charge is 0.323 e. The zero-order chi connectivity index (χ0) is 26.0. The van der Waals surface area contributed by atoms with E-state index in [4.69, 9.17) is 9.47 Å². The molecular formula is C29H34N4O4. The van der Waals surface area contributed by atoms with Crippen LogP contribution in [0.25, 0.3) is 0 Å². The van der Waals surface area contributed by atoms with Crippen molar-refractivity contribution in [3.8, 4) is 11.5 Å². The van der Waals surface area contributed by atoms with E-state index in [1.54, 1.807) is 38.5 Å². The first-order valence-electron chi connectivity index (χ1n) is 12.6. The van der Waals surface area contributed by atoms with Gasteiger partial charge < -0.3 is 30.3 Å². The summed E-state index contributed by atoms with van der Waals surface area (Å²) in [7, 11) is 3.10. The topological polar surface area (TPSA) is 91.9 Å². The fraction of sp³-hybridized carbons (Fsp3) is 0.310. The van der Waals surface area contributed by atoms with Crippen LogP contribution < -0.4 is 30.3 Å². The van der Waals surface area contributed by atoms with E-state index < -0.39 is 6.03 Å². The molecule has 4 rings (SSSR count). The van der Waals surface area contributed by atoms with Crippen LogP contribution in [-0.2, 0) is 6.42 Å². The molecular weight excluding hydrogens is 468 g/mol. The van der Waals surface area contributed by atoms with Crippen molar-refractivity contribution in [2.24, 2.45) is 0 Å². The first-order valence-corrected chi connectivity index (χ1v) is 12.6. The van der Waals surface area contributed by atoms with E-state index in [0.29, 0.717) is 35.0 Å². The highest BCUT2D eigenvalue weighted by molar-refractivity contribution is 6.04. The molecule has 0 bridgehead atoms. The summed E-state index contributed by atoms with van der Waals surface area (Å²) < 4.78 is 10.5. The number of benzene rings is 3. The van der Waals surface area contributed by atoms with E-state index in [9.17, 15) is 9.59 Å². The highest BCUT2D eigenvalue weighted by Gasteiger charge is 2.20. The number of hydrogen-bond donors (Lipinski definition) is 3. The minimum atomic E-state index is -0.434. The Hall–Kier alpha value is -4.20. The van der Waals surface area contributed by atoms with Crippen LogP contribution in [0.15, 0.2) is 66.7 Å². The number of carbonyl (C=O) groups excluding carboxylic acids is 2. The first kappa shape index (κ1) is 25.9. The molecule has 3 N–H and O–H groups in total. The molecule has 0 aromatic heterocycles. The van der Waals surface area contributed by atoms with Gasteiger partial charge in [0.25, 0.3) is 5.91 Å². The molecule has 1 saturated heterocycles. The number of hydrogen-bond acceptors (Lipinski definition) is 5. The molecule has 1 heterocycles. The van der Waals surface area contributed by atoms with Crippen LogP contribution in [0.5, 0.6) is 11.5 Å². The highest BCUT2D eigenvalue weighted by Crippen LogP contribution is 2.28. The lowest BCUT2D eigenvalue weighted by molar-refractivity contribution is 0.0954. The molecule has 0 atom stereocenters. The van der Waals surface area contributed by atoms with Crippen molar-refractivity contribution in [3.05, 3.63) is 77.9 Å². The minimum Gasteiger partial charge on any atom is -0.497 e. The van der Waals surface area contributed by atoms with Crippen LogP contribution in [0.1, 0.15) is 35.2 Å². The number of nitrogens with one attached hydrogen (secondary N) is 3. The van der Waals surface area contributed by atoms with Gasteiger partial charge in [-0.05, 0) is 49.4 Å². The molecule has 3 aromatic carbocycles. The third kappa shape index (κ3) is 7.16. The number of anilines is 3. The minimum absolute atomic E-state index is 0.155. The van der Waals surface area contributed by atoms with Gasteiger partial charge in [0.1, 0.15) is 11.5 Å². The number of amides is 3. The van der Waals surface area contributed by atoms with Crippen molar-refractivity contribution in [1.82, 2.24) is 5.32 Å². The number of carbonyl (C=O) groups is 2. The van der Waals surface area contributed by atoms with Gasteiger partial charge in [0.15, 0.2) is 0 Å². The third-order valence-electron chi connectivity index (χ3n) is 6.35. The second kappa shape index (κ2) is 12.7. The normalized spacial score (nSPS) is 13.0. The Balaban J connectivity index is 1.48. The second-order valence-electron chi connectivity index (χ2n) is 8.95. The van der Waals surface area contributed by atoms with Gasteiger partial charge >= 0.3 is 6.03 Å². The van der Waals surface area contributed by atoms with Crippen molar-refractivity contribution in [2.45, 2.75) is 25.7 Å². The van der Waals surface area contributed by atoms with Gasteiger partial charge in [0, 0.05) is 54.9 Å². The lowest BCUT2D eigenvalue weighted by atomic mass is 10.1. The maximum absolute atomic E-state index is 13.3. The number of methoxy groups -OCH3 is 2. The molecule has 194 valence electrons. The standard InChI is InChI=1S/C29H34N4O4/c1-36-24-17-23(18-25(20-24)37-2)32-29(35)31-22-11-12-27(33-15-7-4-8-16-33)26(19-22)28(34)30-14-13-21-9-5-3-6-10-21/h3,5-6,9-12,17-20H,4,7-8,13-16H2,1-2H3,(H,30,34)(H2,31,32,35). The second-order valence-corrected chi connectivity index (χ2v) is 8.95. The van der Waals surface area contributed by atoms with E-state index in [1.165, 1.54) is 12.0 Å². The lowest BCUT2D eigenvalue weighted by Crippen LogP contribution is -2.33. The van der Waals surface area contributed by atoms with Gasteiger partial charge in [-0.25, -0.2) is 4.79 Å². The zero-order valence-corrected chi connectivity index (χ0v) is 21.4. The van der Waals surface area contributed by atoms with Crippen molar-refractivity contribution >= 4 is 29.0 Å². The summed E-state index contributed by atoms with van der Waals surface area (Å²) in [6, 6.07) is 20.2. The van der Waals surface area contributed by atoms with Crippen LogP contribution in [0.4, 0.5) is 21.9 Å². The van der Waals surface area contributed by atoms with Gasteiger partial charge in [-0.2, -0.15) is 0 Å². The summed E-state index contributed by atoms with van der Waals surface area (Å²) in [4.78, 5) is 28.3. The van der Waals surface area contributed by atoms with E-state index in [-0.39, 0.29) is 5.91 Å². The molecule has 3 amide bonds. The predicted octanol–water partition coefficient (Wildman–Crippen LogP) is 5.31. The molecule has 0 aliphatic carbocycles. The van der Waals surface area contributed by atoms with Crippen LogP contribution >= 0.6 is 0 Å². The molecule has 0 radical (unpaired) electrons. The summed E-state index contributed by atoms with van der Waals surface area (Å²) in [5, 5.41) is 8.69. The number of piperidine rings is 1. The maximum atomic E-state index is 13.3. The summed E-state index contributed by atoms with van der Waals surface area (Å²) in [6.45, 7) is 2.35. The van der Waals surface area contributed by atoms with E-state index in [0.717, 1.165) is 38.0 Å². The average molecular weight is 503 g/mol. The number of nitrogens with zero attached hydrogens (tertiary/aromatic N) is 1. The van der Waals surface area contributed by atoms with Gasteiger partial charge in [0.05, 0.1) is 19.8 Å². The average Bonchev–Trinajstić information content (AvgIpc) is 2.93. The lowest BCUT2D eigenvalue weighted by Gasteiger charge is -2.30. The number of ether oxygens (including phenoxy) is 2. The van der Waals surface area contributed by atoms with Crippen molar-refractivity contribution in [1.29, 1.82) is 0 Å². The van der Waals surface area contributed by atoms with Crippen LogP contribution in [0.3, 0.4) is 0 Å². The van der Waals surface area contributed by atoms with E-state index in [2.05, 4.69) is 20.9 Å². The number of urea groups is 1. The van der Waals surface area contributed by atoms with Gasteiger partial charge in [-0.15, -0.1) is 0 Å². The Labute approximate surface area is 218 Å². The SMILES string of the molecule is COc1cc(NC(=O)Nc2ccc(N3CCCCC3)c(C(=O)NCCc3ccccc3)c2)cc(OC)c1. The molecule has 0 saturated carbocycles. The Bertz CT molecular complexity index is 1190. The summed E-state index contributed by atoms with van der Waals surface area (Å²) in [5.74, 6) is 0.975. The molecule has 0 spiro atoms. The summed E-state index contributed by atoms with van der Waals surface area (Å²) in [6.07, 6.45) is 4.14. The van der Waals surface area contributed by atoms with Crippen molar-refractivity contribution < 1.29 is 19.1 Å². The Kier molecular flexibility index (Phi) is 8.86. The van der Waals surface area contributed by atoms with Gasteiger partial charge in [-0.3, -0.25) is 4.79 Å². The first-order chi connectivity index (χ1) is 18.1. The highest BCUT2D eigenvalue weighted by atomic mass is 16.5. The quantitative estimate of drug-likeness (QED) is 0.369. The maximum Gasteiger partial charge on any atom is 0.323 e. The van der Waals surface area contributed by atoms with Crippen molar-refractivity contribution in [2.75, 3.05) is 49.4 Å². The zero-order valence-electron chi connectivity index (χ0n) is 21.4. The van der Waals surface area contributed by atoms with E-state index in [1.807, 2.05) is 42.5 Å². The Morgan fingerprint density at radius 2 is 1.49 bits per heavy atom. The molecule has 1 fully saturated rings. The fourth-order valence-corrected chi connectivity index (χ4v) is 4.44. The van der Waals surface area contributed by atoms with Crippen LogP contribution in [-0.4, -0.2) is 45.8 Å². The van der Waals surface area contributed by atoms with E-state index >= 15 is 0 Å². The molecule has 8 nitrogen and oxygen atoms in total. The largest absolute Gasteiger partial charge is 0.497 e. The van der Waals surface area contributed by atoms with Crippen molar-refractivity contribution in [3.63, 3.8) is 0 Å². The number of rotatable bonds is 9. The van der Waals surface area contributed by atoms with Gasteiger partial charge in [0.2, 0.25) is 0 Å². The molecule has 3 aromatic rings. The van der Waals surface area contributed by atoms with Crippen LogP contribution in [0.2, 0.25) is 0 Å². The van der Waals surface area contributed by atoms with Gasteiger partial charge in [-0.1, -0.05) is 30.3 Å². The fourth-order valence-electron chi connectivity index (χ4n) is 4.44. The Morgan fingerprint density at radius 3 is 2.16 bits per heavy atom. The molecule has 1 aliphatic rings. The molecule has 8 heteroatoms. The summed E-state index contributed by atoms with van der Waals surface area (Å²) in [5.41, 5.74) is 3.66. The predicted molar refractivity (Wildman–Crippen MR) is 147 cm³/mol. The molecule has 0 unspecified atom stereocenters.